The van der Waals surface area contributed by atoms with Crippen LogP contribution in [0.15, 0.2) is 18.2 Å². The molecule has 0 saturated heterocycles. The van der Waals surface area contributed by atoms with E-state index in [1.807, 2.05) is 13.8 Å². The Kier molecular flexibility index (Phi) is 6.82. The molecule has 1 aromatic carbocycles. The minimum Gasteiger partial charge on any atom is -0.504 e. The summed E-state index contributed by atoms with van der Waals surface area (Å²) in [5.41, 5.74) is 5.92. The number of aromatic hydroxyl groups is 1. The summed E-state index contributed by atoms with van der Waals surface area (Å²) in [5, 5.41) is 9.52. The number of benzene rings is 1. The van der Waals surface area contributed by atoms with Gasteiger partial charge in [-0.05, 0) is 31.5 Å². The van der Waals surface area contributed by atoms with Crippen molar-refractivity contribution in [3.8, 4) is 11.5 Å². The maximum atomic E-state index is 12.2. The number of rotatable bonds is 5. The number of phenols is 1. The standard InChI is InChI=1S/C14H22N2O3.ClH/c1-14(2,9-15)13(18)16(3)8-10-5-6-11(17)12(7-10)19-4;/h5-7,17H,8-9,15H2,1-4H3;1H. The van der Waals surface area contributed by atoms with E-state index >= 15 is 0 Å². The van der Waals surface area contributed by atoms with Gasteiger partial charge in [-0.2, -0.15) is 0 Å². The summed E-state index contributed by atoms with van der Waals surface area (Å²) in [6.07, 6.45) is 0. The summed E-state index contributed by atoms with van der Waals surface area (Å²) in [5.74, 6) is 0.473. The Morgan fingerprint density at radius 2 is 2.05 bits per heavy atom. The number of hydrogen-bond donors (Lipinski definition) is 2. The summed E-state index contributed by atoms with van der Waals surface area (Å²) < 4.78 is 5.04. The molecular formula is C14H23ClN2O3. The molecule has 1 rings (SSSR count). The van der Waals surface area contributed by atoms with E-state index in [0.29, 0.717) is 18.8 Å². The van der Waals surface area contributed by atoms with Gasteiger partial charge in [-0.25, -0.2) is 0 Å². The van der Waals surface area contributed by atoms with Crippen LogP contribution in [0.3, 0.4) is 0 Å². The SMILES string of the molecule is COc1cc(CN(C)C(=O)C(C)(C)CN)ccc1O.Cl. The van der Waals surface area contributed by atoms with Gasteiger partial charge in [-0.15, -0.1) is 12.4 Å². The zero-order chi connectivity index (χ0) is 14.6. The van der Waals surface area contributed by atoms with Gasteiger partial charge in [0.2, 0.25) is 5.91 Å². The maximum Gasteiger partial charge on any atom is 0.229 e. The fourth-order valence-corrected chi connectivity index (χ4v) is 1.77. The second kappa shape index (κ2) is 7.36. The molecule has 20 heavy (non-hydrogen) atoms. The van der Waals surface area contributed by atoms with Crippen LogP contribution < -0.4 is 10.5 Å². The van der Waals surface area contributed by atoms with E-state index in [0.717, 1.165) is 5.56 Å². The second-order valence-corrected chi connectivity index (χ2v) is 5.26. The number of carbonyl (C=O) groups excluding carboxylic acids is 1. The highest BCUT2D eigenvalue weighted by molar-refractivity contribution is 5.85. The number of phenolic OH excluding ortho intramolecular Hbond substituents is 1. The Bertz CT molecular complexity index is 464. The zero-order valence-corrected chi connectivity index (χ0v) is 13.2. The largest absolute Gasteiger partial charge is 0.504 e. The number of carbonyl (C=O) groups is 1. The molecule has 1 aromatic rings. The highest BCUT2D eigenvalue weighted by atomic mass is 35.5. The Morgan fingerprint density at radius 3 is 2.55 bits per heavy atom. The van der Waals surface area contributed by atoms with Crippen molar-refractivity contribution in [1.29, 1.82) is 0 Å². The van der Waals surface area contributed by atoms with Gasteiger partial charge < -0.3 is 20.5 Å². The first-order chi connectivity index (χ1) is 8.81. The summed E-state index contributed by atoms with van der Waals surface area (Å²) >= 11 is 0. The van der Waals surface area contributed by atoms with E-state index in [1.54, 1.807) is 30.1 Å². The Balaban J connectivity index is 0.00000361. The van der Waals surface area contributed by atoms with Gasteiger partial charge >= 0.3 is 0 Å². The normalized spacial score (nSPS) is 10.7. The lowest BCUT2D eigenvalue weighted by Crippen LogP contribution is -2.42. The summed E-state index contributed by atoms with van der Waals surface area (Å²) in [6.45, 7) is 4.39. The molecule has 0 atom stereocenters. The van der Waals surface area contributed by atoms with Crippen molar-refractivity contribution < 1.29 is 14.6 Å². The molecule has 0 aliphatic heterocycles. The Hall–Kier alpha value is -1.46. The molecule has 0 spiro atoms. The highest BCUT2D eigenvalue weighted by Gasteiger charge is 2.28. The van der Waals surface area contributed by atoms with E-state index in [4.69, 9.17) is 10.5 Å². The molecule has 114 valence electrons. The fraction of sp³-hybridized carbons (Fsp3) is 0.500. The van der Waals surface area contributed by atoms with Crippen LogP contribution in [0.1, 0.15) is 19.4 Å². The molecule has 0 aliphatic carbocycles. The molecule has 0 bridgehead atoms. The third kappa shape index (κ3) is 4.28. The van der Waals surface area contributed by atoms with Crippen molar-refractivity contribution in [2.24, 2.45) is 11.1 Å². The van der Waals surface area contributed by atoms with E-state index in [-0.39, 0.29) is 24.1 Å². The van der Waals surface area contributed by atoms with Crippen LogP contribution in [0, 0.1) is 5.41 Å². The fourth-order valence-electron chi connectivity index (χ4n) is 1.77. The van der Waals surface area contributed by atoms with Crippen molar-refractivity contribution in [3.05, 3.63) is 23.8 Å². The lowest BCUT2D eigenvalue weighted by Gasteiger charge is -2.28. The van der Waals surface area contributed by atoms with Crippen LogP contribution in [0.4, 0.5) is 0 Å². The number of methoxy groups -OCH3 is 1. The molecule has 0 heterocycles. The molecule has 6 heteroatoms. The van der Waals surface area contributed by atoms with Gasteiger partial charge in [0, 0.05) is 20.1 Å². The predicted octanol–water partition coefficient (Wildman–Crippen LogP) is 1.77. The van der Waals surface area contributed by atoms with Crippen LogP contribution in [0.2, 0.25) is 0 Å². The topological polar surface area (TPSA) is 75.8 Å². The first kappa shape index (κ1) is 18.5. The van der Waals surface area contributed by atoms with Crippen LogP contribution in [0.25, 0.3) is 0 Å². The lowest BCUT2D eigenvalue weighted by atomic mass is 9.92. The molecule has 0 unspecified atom stereocenters. The van der Waals surface area contributed by atoms with Crippen LogP contribution in [0.5, 0.6) is 11.5 Å². The summed E-state index contributed by atoms with van der Waals surface area (Å²) in [4.78, 5) is 13.8. The first-order valence-electron chi connectivity index (χ1n) is 6.13. The molecule has 5 nitrogen and oxygen atoms in total. The van der Waals surface area contributed by atoms with Crippen molar-refractivity contribution in [1.82, 2.24) is 4.90 Å². The number of nitrogens with zero attached hydrogens (tertiary/aromatic N) is 1. The van der Waals surface area contributed by atoms with Crippen LogP contribution in [-0.2, 0) is 11.3 Å². The third-order valence-electron chi connectivity index (χ3n) is 3.10. The monoisotopic (exact) mass is 302 g/mol. The minimum absolute atomic E-state index is 0. The van der Waals surface area contributed by atoms with E-state index in [9.17, 15) is 9.90 Å². The van der Waals surface area contributed by atoms with Crippen molar-refractivity contribution in [3.63, 3.8) is 0 Å². The van der Waals surface area contributed by atoms with E-state index < -0.39 is 5.41 Å². The number of ether oxygens (including phenoxy) is 1. The molecule has 0 aliphatic rings. The van der Waals surface area contributed by atoms with Crippen molar-refractivity contribution in [2.45, 2.75) is 20.4 Å². The van der Waals surface area contributed by atoms with Gasteiger partial charge in [0.05, 0.1) is 12.5 Å². The van der Waals surface area contributed by atoms with Gasteiger partial charge in [-0.1, -0.05) is 6.07 Å². The number of nitrogens with two attached hydrogens (primary N) is 1. The third-order valence-corrected chi connectivity index (χ3v) is 3.10. The summed E-state index contributed by atoms with van der Waals surface area (Å²) in [6, 6.07) is 5.03. The number of hydrogen-bond acceptors (Lipinski definition) is 4. The quantitative estimate of drug-likeness (QED) is 0.869. The average Bonchev–Trinajstić information content (AvgIpc) is 2.39. The van der Waals surface area contributed by atoms with Crippen LogP contribution in [-0.4, -0.2) is 36.6 Å². The molecule has 0 radical (unpaired) electrons. The first-order valence-corrected chi connectivity index (χ1v) is 6.13. The molecule has 0 aromatic heterocycles. The number of amides is 1. The molecule has 0 fully saturated rings. The van der Waals surface area contributed by atoms with Gasteiger partial charge in [0.1, 0.15) is 0 Å². The maximum absolute atomic E-state index is 12.2. The Labute approximate surface area is 126 Å². The Morgan fingerprint density at radius 1 is 1.45 bits per heavy atom. The van der Waals surface area contributed by atoms with Gasteiger partial charge in [-0.3, -0.25) is 4.79 Å². The zero-order valence-electron chi connectivity index (χ0n) is 12.3. The number of halogens is 1. The van der Waals surface area contributed by atoms with Gasteiger partial charge in [0.15, 0.2) is 11.5 Å². The van der Waals surface area contributed by atoms with Crippen molar-refractivity contribution in [2.75, 3.05) is 20.7 Å². The predicted molar refractivity (Wildman–Crippen MR) is 81.2 cm³/mol. The molecular weight excluding hydrogens is 280 g/mol. The van der Waals surface area contributed by atoms with Crippen molar-refractivity contribution >= 4 is 18.3 Å². The highest BCUT2D eigenvalue weighted by Crippen LogP contribution is 2.27. The average molecular weight is 303 g/mol. The second-order valence-electron chi connectivity index (χ2n) is 5.26. The van der Waals surface area contributed by atoms with Crippen LogP contribution >= 0.6 is 12.4 Å². The van der Waals surface area contributed by atoms with Gasteiger partial charge in [0.25, 0.3) is 0 Å². The van der Waals surface area contributed by atoms with E-state index in [1.165, 1.54) is 7.11 Å². The summed E-state index contributed by atoms with van der Waals surface area (Å²) in [7, 11) is 3.23. The molecule has 1 amide bonds. The lowest BCUT2D eigenvalue weighted by molar-refractivity contribution is -0.139. The smallest absolute Gasteiger partial charge is 0.229 e. The molecule has 3 N–H and O–H groups in total. The molecule has 0 saturated carbocycles. The van der Waals surface area contributed by atoms with E-state index in [2.05, 4.69) is 0 Å². The minimum atomic E-state index is -0.574.